The summed E-state index contributed by atoms with van der Waals surface area (Å²) in [4.78, 5) is 0. The van der Waals surface area contributed by atoms with Crippen molar-refractivity contribution in [2.24, 2.45) is 5.84 Å². The van der Waals surface area contributed by atoms with Crippen LogP contribution in [0.4, 0.5) is 0 Å². The van der Waals surface area contributed by atoms with Gasteiger partial charge in [-0.05, 0) is 38.3 Å². The lowest BCUT2D eigenvalue weighted by molar-refractivity contribution is 0.535. The van der Waals surface area contributed by atoms with Gasteiger partial charge in [-0.25, -0.2) is 0 Å². The van der Waals surface area contributed by atoms with Gasteiger partial charge in [0.05, 0.1) is 0 Å². The average molecular weight is 216 g/mol. The molecule has 0 aliphatic heterocycles. The molecule has 1 aromatic rings. The Bertz CT molecular complexity index is 399. The highest BCUT2D eigenvalue weighted by atomic mass is 15.2. The average Bonchev–Trinajstić information content (AvgIpc) is 2.28. The summed E-state index contributed by atoms with van der Waals surface area (Å²) in [5, 5.41) is 0. The number of hydrogen-bond acceptors (Lipinski definition) is 2. The van der Waals surface area contributed by atoms with Crippen LogP contribution in [0.2, 0.25) is 0 Å². The van der Waals surface area contributed by atoms with Gasteiger partial charge in [-0.3, -0.25) is 11.3 Å². The Balaban J connectivity index is 2.75. The zero-order valence-electron chi connectivity index (χ0n) is 10.3. The van der Waals surface area contributed by atoms with E-state index in [2.05, 4.69) is 49.3 Å². The molecule has 0 saturated heterocycles. The third kappa shape index (κ3) is 3.69. The highest BCUT2D eigenvalue weighted by Gasteiger charge is 2.08. The van der Waals surface area contributed by atoms with Crippen LogP contribution in [0.25, 0.3) is 0 Å². The first-order valence-electron chi connectivity index (χ1n) is 5.59. The fourth-order valence-corrected chi connectivity index (χ4v) is 1.70. The van der Waals surface area contributed by atoms with Crippen LogP contribution in [0.1, 0.15) is 30.0 Å². The van der Waals surface area contributed by atoms with Crippen LogP contribution < -0.4 is 11.3 Å². The number of aryl methyl sites for hydroxylation is 2. The van der Waals surface area contributed by atoms with Gasteiger partial charge in [-0.2, -0.15) is 0 Å². The van der Waals surface area contributed by atoms with Gasteiger partial charge >= 0.3 is 0 Å². The molecule has 0 bridgehead atoms. The predicted octanol–water partition coefficient (Wildman–Crippen LogP) is 2.09. The molecule has 0 saturated carbocycles. The number of nitrogens with one attached hydrogen (secondary N) is 1. The molecule has 1 unspecified atom stereocenters. The molecule has 1 rings (SSSR count). The molecule has 0 aliphatic carbocycles. The Labute approximate surface area is 98.2 Å². The first kappa shape index (κ1) is 12.8. The predicted molar refractivity (Wildman–Crippen MR) is 68.8 cm³/mol. The molecular weight excluding hydrogens is 196 g/mol. The summed E-state index contributed by atoms with van der Waals surface area (Å²) in [5.41, 5.74) is 6.78. The number of hydrazine groups is 1. The molecule has 86 valence electrons. The second-order valence-electron chi connectivity index (χ2n) is 4.13. The molecule has 2 heteroatoms. The number of nitrogens with two attached hydrogens (primary N) is 1. The van der Waals surface area contributed by atoms with Gasteiger partial charge in [0.25, 0.3) is 0 Å². The fraction of sp³-hybridized carbons (Fsp3) is 0.429. The lowest BCUT2D eigenvalue weighted by Gasteiger charge is -2.15. The van der Waals surface area contributed by atoms with Crippen LogP contribution in [0, 0.1) is 25.7 Å². The molecule has 0 radical (unpaired) electrons. The quantitative estimate of drug-likeness (QED) is 0.459. The summed E-state index contributed by atoms with van der Waals surface area (Å²) in [6.45, 7) is 6.10. The monoisotopic (exact) mass is 216 g/mol. The van der Waals surface area contributed by atoms with Gasteiger partial charge in [0, 0.05) is 12.5 Å². The van der Waals surface area contributed by atoms with E-state index in [9.17, 15) is 0 Å². The Hall–Kier alpha value is -1.30. The highest BCUT2D eigenvalue weighted by molar-refractivity contribution is 5.31. The van der Waals surface area contributed by atoms with Gasteiger partial charge in [0.1, 0.15) is 0 Å². The van der Waals surface area contributed by atoms with E-state index in [0.29, 0.717) is 0 Å². The zero-order chi connectivity index (χ0) is 12.0. The third-order valence-electron chi connectivity index (χ3n) is 2.73. The van der Waals surface area contributed by atoms with Crippen molar-refractivity contribution in [1.29, 1.82) is 0 Å². The highest BCUT2D eigenvalue weighted by Crippen LogP contribution is 2.13. The van der Waals surface area contributed by atoms with Crippen molar-refractivity contribution in [3.05, 3.63) is 34.9 Å². The summed E-state index contributed by atoms with van der Waals surface area (Å²) in [6, 6.07) is 6.74. The second kappa shape index (κ2) is 6.32. The molecule has 0 aliphatic rings. The van der Waals surface area contributed by atoms with E-state index in [4.69, 9.17) is 5.84 Å². The lowest BCUT2D eigenvalue weighted by Crippen LogP contribution is -2.36. The van der Waals surface area contributed by atoms with E-state index < -0.39 is 0 Å². The summed E-state index contributed by atoms with van der Waals surface area (Å²) >= 11 is 0. The van der Waals surface area contributed by atoms with Crippen LogP contribution in [0.5, 0.6) is 0 Å². The lowest BCUT2D eigenvalue weighted by atomic mass is 9.98. The van der Waals surface area contributed by atoms with E-state index in [1.54, 1.807) is 0 Å². The molecular formula is C14H20N2. The summed E-state index contributed by atoms with van der Waals surface area (Å²) in [6.07, 6.45) is 1.72. The first-order chi connectivity index (χ1) is 7.67. The van der Waals surface area contributed by atoms with E-state index in [1.807, 2.05) is 6.92 Å². The van der Waals surface area contributed by atoms with Crippen molar-refractivity contribution in [2.75, 3.05) is 0 Å². The SMILES string of the molecule is CC#CCC(Cc1cc(C)ccc1C)NN. The minimum absolute atomic E-state index is 0.230. The molecule has 16 heavy (non-hydrogen) atoms. The summed E-state index contributed by atoms with van der Waals surface area (Å²) in [5.74, 6) is 11.5. The minimum atomic E-state index is 0.230. The van der Waals surface area contributed by atoms with Gasteiger partial charge in [0.2, 0.25) is 0 Å². The topological polar surface area (TPSA) is 38.0 Å². The van der Waals surface area contributed by atoms with Gasteiger partial charge in [-0.15, -0.1) is 11.8 Å². The first-order valence-corrected chi connectivity index (χ1v) is 5.59. The third-order valence-corrected chi connectivity index (χ3v) is 2.73. The molecule has 0 fully saturated rings. The number of hydrogen-bond donors (Lipinski definition) is 2. The van der Waals surface area contributed by atoms with E-state index in [1.165, 1.54) is 16.7 Å². The Morgan fingerprint density at radius 1 is 1.38 bits per heavy atom. The Morgan fingerprint density at radius 2 is 2.12 bits per heavy atom. The molecule has 3 N–H and O–H groups in total. The van der Waals surface area contributed by atoms with Crippen molar-refractivity contribution in [2.45, 2.75) is 39.7 Å². The molecule has 0 amide bonds. The molecule has 1 atom stereocenters. The van der Waals surface area contributed by atoms with Crippen molar-refractivity contribution in [3.8, 4) is 11.8 Å². The van der Waals surface area contributed by atoms with Crippen LogP contribution in [0.15, 0.2) is 18.2 Å². The zero-order valence-corrected chi connectivity index (χ0v) is 10.3. The maximum absolute atomic E-state index is 5.53. The van der Waals surface area contributed by atoms with Gasteiger partial charge in [-0.1, -0.05) is 23.8 Å². The minimum Gasteiger partial charge on any atom is -0.271 e. The van der Waals surface area contributed by atoms with Gasteiger partial charge in [0.15, 0.2) is 0 Å². The number of benzene rings is 1. The molecule has 0 aromatic heterocycles. The van der Waals surface area contributed by atoms with Crippen LogP contribution in [-0.4, -0.2) is 6.04 Å². The van der Waals surface area contributed by atoms with E-state index >= 15 is 0 Å². The maximum Gasteiger partial charge on any atom is 0.0360 e. The maximum atomic E-state index is 5.53. The summed E-state index contributed by atoms with van der Waals surface area (Å²) in [7, 11) is 0. The Kier molecular flexibility index (Phi) is 5.04. The Morgan fingerprint density at radius 3 is 2.75 bits per heavy atom. The molecule has 2 nitrogen and oxygen atoms in total. The smallest absolute Gasteiger partial charge is 0.0360 e. The van der Waals surface area contributed by atoms with Crippen molar-refractivity contribution < 1.29 is 0 Å². The van der Waals surface area contributed by atoms with Crippen LogP contribution in [-0.2, 0) is 6.42 Å². The second-order valence-corrected chi connectivity index (χ2v) is 4.13. The number of rotatable bonds is 4. The standard InChI is InChI=1S/C14H20N2/c1-4-5-6-14(16-15)10-13-9-11(2)7-8-12(13)3/h7-9,14,16H,6,10,15H2,1-3H3. The van der Waals surface area contributed by atoms with E-state index in [-0.39, 0.29) is 6.04 Å². The molecule has 0 heterocycles. The van der Waals surface area contributed by atoms with Crippen molar-refractivity contribution in [1.82, 2.24) is 5.43 Å². The largest absolute Gasteiger partial charge is 0.271 e. The fourth-order valence-electron chi connectivity index (χ4n) is 1.70. The van der Waals surface area contributed by atoms with Crippen molar-refractivity contribution in [3.63, 3.8) is 0 Å². The normalized spacial score (nSPS) is 11.8. The van der Waals surface area contributed by atoms with Gasteiger partial charge < -0.3 is 0 Å². The van der Waals surface area contributed by atoms with Crippen LogP contribution in [0.3, 0.4) is 0 Å². The van der Waals surface area contributed by atoms with Crippen LogP contribution >= 0.6 is 0 Å². The molecule has 1 aromatic carbocycles. The molecule has 0 spiro atoms. The summed E-state index contributed by atoms with van der Waals surface area (Å²) < 4.78 is 0. The van der Waals surface area contributed by atoms with Crippen molar-refractivity contribution >= 4 is 0 Å². The van der Waals surface area contributed by atoms with E-state index in [0.717, 1.165) is 12.8 Å².